The van der Waals surface area contributed by atoms with Gasteiger partial charge in [0, 0.05) is 13.1 Å². The average molecular weight is 218 g/mol. The van der Waals surface area contributed by atoms with Gasteiger partial charge in [-0.2, -0.15) is 0 Å². The topological polar surface area (TPSA) is 48.1 Å². The lowest BCUT2D eigenvalue weighted by Gasteiger charge is -2.14. The lowest BCUT2D eigenvalue weighted by molar-refractivity contribution is 0.751. The molecule has 0 bridgehead atoms. The molecule has 74 valence electrons. The van der Waals surface area contributed by atoms with E-state index >= 15 is 0 Å². The Labute approximate surface area is 89.1 Å². The summed E-state index contributed by atoms with van der Waals surface area (Å²) in [6, 6.07) is 0.130. The lowest BCUT2D eigenvalue weighted by Crippen LogP contribution is -2.50. The smallest absolute Gasteiger partial charge is 0.185 e. The molecule has 0 fully saturated rings. The first-order valence-corrected chi connectivity index (χ1v) is 4.58. The summed E-state index contributed by atoms with van der Waals surface area (Å²) in [6.45, 7) is 5.56. The van der Waals surface area contributed by atoms with E-state index in [1.54, 1.807) is 13.1 Å². The van der Waals surface area contributed by atoms with Crippen LogP contribution in [-0.4, -0.2) is 23.3 Å². The maximum Gasteiger partial charge on any atom is 0.185 e. The minimum absolute atomic E-state index is 0.130. The number of hydrogen-bond acceptors (Lipinski definition) is 2. The van der Waals surface area contributed by atoms with Crippen molar-refractivity contribution in [2.75, 3.05) is 7.05 Å². The fourth-order valence-electron chi connectivity index (χ4n) is 0.478. The highest BCUT2D eigenvalue weighted by molar-refractivity contribution is 7.80. The molecule has 0 heterocycles. The summed E-state index contributed by atoms with van der Waals surface area (Å²) in [7, 11) is 1.72. The van der Waals surface area contributed by atoms with Crippen molar-refractivity contribution in [2.45, 2.75) is 13.0 Å². The van der Waals surface area contributed by atoms with E-state index in [4.69, 9.17) is 24.4 Å². The van der Waals surface area contributed by atoms with Crippen molar-refractivity contribution < 1.29 is 0 Å². The third kappa shape index (κ3) is 6.30. The average Bonchev–Trinajstić information content (AvgIpc) is 2.13. The standard InChI is InChI=1S/C7H14N4S2/c1-4-5(2)9-7(13)11-10-6(12)8-3/h4-5H,1H2,2-3H3,(H2,8,10,12)(H2,9,11,13). The predicted molar refractivity (Wildman–Crippen MR) is 63.3 cm³/mol. The van der Waals surface area contributed by atoms with Crippen molar-refractivity contribution in [3.05, 3.63) is 12.7 Å². The van der Waals surface area contributed by atoms with Crippen LogP contribution in [0.25, 0.3) is 0 Å². The zero-order valence-electron chi connectivity index (χ0n) is 7.68. The van der Waals surface area contributed by atoms with E-state index < -0.39 is 0 Å². The van der Waals surface area contributed by atoms with Crippen molar-refractivity contribution in [1.29, 1.82) is 0 Å². The first-order valence-electron chi connectivity index (χ1n) is 3.77. The molecule has 4 N–H and O–H groups in total. The van der Waals surface area contributed by atoms with Crippen LogP contribution in [-0.2, 0) is 0 Å². The molecule has 13 heavy (non-hydrogen) atoms. The quantitative estimate of drug-likeness (QED) is 0.298. The first kappa shape index (κ1) is 12.1. The molecule has 0 aromatic carbocycles. The summed E-state index contributed by atoms with van der Waals surface area (Å²) in [5, 5.41) is 6.66. The maximum absolute atomic E-state index is 4.94. The summed E-state index contributed by atoms with van der Waals surface area (Å²) < 4.78 is 0. The Balaban J connectivity index is 3.63. The molecule has 0 rings (SSSR count). The summed E-state index contributed by atoms with van der Waals surface area (Å²) in [6.07, 6.45) is 1.75. The fourth-order valence-corrected chi connectivity index (χ4v) is 0.766. The number of nitrogens with one attached hydrogen (secondary N) is 4. The van der Waals surface area contributed by atoms with Crippen LogP contribution in [0.4, 0.5) is 0 Å². The van der Waals surface area contributed by atoms with Gasteiger partial charge in [0.15, 0.2) is 10.2 Å². The summed E-state index contributed by atoms with van der Waals surface area (Å²) in [5.41, 5.74) is 5.41. The van der Waals surface area contributed by atoms with Crippen LogP contribution < -0.4 is 21.5 Å². The highest BCUT2D eigenvalue weighted by atomic mass is 32.1. The van der Waals surface area contributed by atoms with Gasteiger partial charge in [-0.15, -0.1) is 6.58 Å². The molecule has 0 amide bonds. The van der Waals surface area contributed by atoms with Gasteiger partial charge in [-0.05, 0) is 31.4 Å². The molecular weight excluding hydrogens is 204 g/mol. The molecule has 0 aliphatic carbocycles. The van der Waals surface area contributed by atoms with Gasteiger partial charge in [0.1, 0.15) is 0 Å². The van der Waals surface area contributed by atoms with Crippen LogP contribution in [0.15, 0.2) is 12.7 Å². The van der Waals surface area contributed by atoms with Crippen molar-refractivity contribution >= 4 is 34.7 Å². The van der Waals surface area contributed by atoms with Gasteiger partial charge in [0.05, 0.1) is 0 Å². The number of hydrazine groups is 1. The SMILES string of the molecule is C=CC(C)NC(=S)NNC(=S)NC. The molecule has 0 saturated carbocycles. The molecule has 0 radical (unpaired) electrons. The van der Waals surface area contributed by atoms with E-state index in [2.05, 4.69) is 28.1 Å². The van der Waals surface area contributed by atoms with Gasteiger partial charge in [-0.25, -0.2) is 0 Å². The van der Waals surface area contributed by atoms with E-state index in [0.29, 0.717) is 10.2 Å². The molecule has 0 aliphatic heterocycles. The highest BCUT2D eigenvalue weighted by Gasteiger charge is 1.98. The van der Waals surface area contributed by atoms with Crippen LogP contribution in [0.5, 0.6) is 0 Å². The third-order valence-electron chi connectivity index (χ3n) is 1.23. The second-order valence-corrected chi connectivity index (χ2v) is 3.14. The molecule has 0 aromatic heterocycles. The number of thiocarbonyl (C=S) groups is 2. The van der Waals surface area contributed by atoms with Crippen LogP contribution >= 0.6 is 24.4 Å². The molecule has 1 unspecified atom stereocenters. The Hall–Kier alpha value is -0.880. The third-order valence-corrected chi connectivity index (χ3v) is 1.76. The highest BCUT2D eigenvalue weighted by Crippen LogP contribution is 1.79. The molecule has 1 atom stereocenters. The van der Waals surface area contributed by atoms with Crippen LogP contribution in [0.2, 0.25) is 0 Å². The Morgan fingerprint density at radius 2 is 1.85 bits per heavy atom. The second-order valence-electron chi connectivity index (χ2n) is 2.33. The minimum atomic E-state index is 0.130. The second kappa shape index (κ2) is 6.62. The van der Waals surface area contributed by atoms with E-state index in [1.807, 2.05) is 6.92 Å². The predicted octanol–water partition coefficient (Wildman–Crippen LogP) is 0.0339. The Morgan fingerprint density at radius 3 is 2.31 bits per heavy atom. The van der Waals surface area contributed by atoms with Gasteiger partial charge >= 0.3 is 0 Å². The van der Waals surface area contributed by atoms with Crippen molar-refractivity contribution in [1.82, 2.24) is 21.5 Å². The minimum Gasteiger partial charge on any atom is -0.364 e. The fraction of sp³-hybridized carbons (Fsp3) is 0.429. The maximum atomic E-state index is 4.94. The zero-order valence-corrected chi connectivity index (χ0v) is 9.31. The van der Waals surface area contributed by atoms with Crippen molar-refractivity contribution in [3.63, 3.8) is 0 Å². The van der Waals surface area contributed by atoms with Gasteiger partial charge in [-0.1, -0.05) is 6.08 Å². The molecule has 0 spiro atoms. The van der Waals surface area contributed by atoms with Crippen LogP contribution in [0.1, 0.15) is 6.92 Å². The van der Waals surface area contributed by atoms with E-state index in [9.17, 15) is 0 Å². The normalized spacial score (nSPS) is 10.9. The molecule has 4 nitrogen and oxygen atoms in total. The van der Waals surface area contributed by atoms with Gasteiger partial charge < -0.3 is 10.6 Å². The Kier molecular flexibility index (Phi) is 6.17. The monoisotopic (exact) mass is 218 g/mol. The van der Waals surface area contributed by atoms with E-state index in [1.165, 1.54) is 0 Å². The lowest BCUT2D eigenvalue weighted by atomic mass is 10.3. The van der Waals surface area contributed by atoms with Gasteiger partial charge in [0.2, 0.25) is 0 Å². The Bertz CT molecular complexity index is 205. The summed E-state index contributed by atoms with van der Waals surface area (Å²) in [5.74, 6) is 0. The summed E-state index contributed by atoms with van der Waals surface area (Å²) in [4.78, 5) is 0. The largest absolute Gasteiger partial charge is 0.364 e. The van der Waals surface area contributed by atoms with Crippen LogP contribution in [0.3, 0.4) is 0 Å². The number of hydrogen-bond donors (Lipinski definition) is 4. The van der Waals surface area contributed by atoms with Gasteiger partial charge in [-0.3, -0.25) is 10.9 Å². The van der Waals surface area contributed by atoms with E-state index in [-0.39, 0.29) is 6.04 Å². The van der Waals surface area contributed by atoms with Crippen LogP contribution in [0, 0.1) is 0 Å². The molecule has 0 aromatic rings. The first-order chi connectivity index (χ1) is 6.10. The summed E-state index contributed by atoms with van der Waals surface area (Å²) >= 11 is 9.77. The van der Waals surface area contributed by atoms with Gasteiger partial charge in [0.25, 0.3) is 0 Å². The Morgan fingerprint density at radius 1 is 1.31 bits per heavy atom. The van der Waals surface area contributed by atoms with E-state index in [0.717, 1.165) is 0 Å². The van der Waals surface area contributed by atoms with Crippen molar-refractivity contribution in [3.8, 4) is 0 Å². The zero-order chi connectivity index (χ0) is 10.3. The number of rotatable bonds is 2. The van der Waals surface area contributed by atoms with Crippen molar-refractivity contribution in [2.24, 2.45) is 0 Å². The molecular formula is C7H14N4S2. The molecule has 0 saturated heterocycles. The molecule has 0 aliphatic rings. The molecule has 6 heteroatoms.